The number of hydrogen-bond acceptors (Lipinski definition) is 8. The molecule has 3 rings (SSSR count). The predicted molar refractivity (Wildman–Crippen MR) is 123 cm³/mol. The number of benzene rings is 1. The second-order valence-electron chi connectivity index (χ2n) is 7.42. The molecule has 8 nitrogen and oxygen atoms in total. The third kappa shape index (κ3) is 5.52. The molecule has 2 heterocycles. The predicted octanol–water partition coefficient (Wildman–Crippen LogP) is 3.93. The Kier molecular flexibility index (Phi) is 7.83. The van der Waals surface area contributed by atoms with Gasteiger partial charge >= 0.3 is 0 Å². The second-order valence-corrected chi connectivity index (χ2v) is 7.42. The fourth-order valence-corrected chi connectivity index (χ4v) is 3.36. The zero-order chi connectivity index (χ0) is 22.2. The molecule has 1 atom stereocenters. The number of nitrogens with one attached hydrogen (secondary N) is 2. The van der Waals surface area contributed by atoms with Crippen molar-refractivity contribution in [1.29, 1.82) is 0 Å². The van der Waals surface area contributed by atoms with E-state index < -0.39 is 0 Å². The Morgan fingerprint density at radius 3 is 2.65 bits per heavy atom. The van der Waals surface area contributed by atoms with Crippen LogP contribution in [0.15, 0.2) is 30.5 Å². The molecule has 0 aliphatic carbocycles. The first kappa shape index (κ1) is 22.6. The van der Waals surface area contributed by atoms with Gasteiger partial charge in [-0.1, -0.05) is 19.8 Å². The van der Waals surface area contributed by atoms with Crippen molar-refractivity contribution in [3.05, 3.63) is 41.6 Å². The van der Waals surface area contributed by atoms with Crippen LogP contribution in [0.2, 0.25) is 0 Å². The number of methoxy groups -OCH3 is 2. The summed E-state index contributed by atoms with van der Waals surface area (Å²) in [7, 11) is 3.26. The van der Waals surface area contributed by atoms with Crippen molar-refractivity contribution in [2.24, 2.45) is 0 Å². The van der Waals surface area contributed by atoms with Gasteiger partial charge in [-0.25, -0.2) is 4.98 Å². The van der Waals surface area contributed by atoms with E-state index in [1.54, 1.807) is 20.4 Å². The summed E-state index contributed by atoms with van der Waals surface area (Å²) in [6.45, 7) is 4.65. The number of pyridine rings is 1. The standard InChI is InChI=1S/C23H31N5O3/c1-5-6-7-17(14-29)26-22-21-20(15(2)10-11-24-21)27-23(28-22)25-13-16-8-9-18(30-3)12-19(16)31-4/h8-12,17,29H,5-7,13-14H2,1-4H3,(H2,25,26,27,28). The molecule has 1 aromatic carbocycles. The van der Waals surface area contributed by atoms with Crippen molar-refractivity contribution in [1.82, 2.24) is 15.0 Å². The highest BCUT2D eigenvalue weighted by Crippen LogP contribution is 2.27. The molecule has 166 valence electrons. The Morgan fingerprint density at radius 1 is 1.10 bits per heavy atom. The summed E-state index contributed by atoms with van der Waals surface area (Å²) < 4.78 is 10.7. The lowest BCUT2D eigenvalue weighted by molar-refractivity contribution is 0.267. The quantitative estimate of drug-likeness (QED) is 0.425. The molecular formula is C23H31N5O3. The van der Waals surface area contributed by atoms with Gasteiger partial charge < -0.3 is 25.2 Å². The average molecular weight is 426 g/mol. The Balaban J connectivity index is 1.89. The van der Waals surface area contributed by atoms with Crippen molar-refractivity contribution in [2.75, 3.05) is 31.5 Å². The smallest absolute Gasteiger partial charge is 0.225 e. The topological polar surface area (TPSA) is 101 Å². The van der Waals surface area contributed by atoms with Crippen LogP contribution < -0.4 is 20.1 Å². The van der Waals surface area contributed by atoms with Crippen molar-refractivity contribution in [2.45, 2.75) is 45.7 Å². The Morgan fingerprint density at radius 2 is 1.94 bits per heavy atom. The van der Waals surface area contributed by atoms with Gasteiger partial charge in [0.15, 0.2) is 5.82 Å². The van der Waals surface area contributed by atoms with E-state index in [4.69, 9.17) is 9.47 Å². The zero-order valence-electron chi connectivity index (χ0n) is 18.6. The van der Waals surface area contributed by atoms with Crippen LogP contribution in [0.5, 0.6) is 11.5 Å². The highest BCUT2D eigenvalue weighted by molar-refractivity contribution is 5.88. The molecule has 0 radical (unpaired) electrons. The van der Waals surface area contributed by atoms with Gasteiger partial charge in [-0.3, -0.25) is 4.98 Å². The number of unbranched alkanes of at least 4 members (excludes halogenated alkanes) is 1. The summed E-state index contributed by atoms with van der Waals surface area (Å²) in [5.41, 5.74) is 3.44. The van der Waals surface area contributed by atoms with Gasteiger partial charge in [-0.2, -0.15) is 4.98 Å². The van der Waals surface area contributed by atoms with Gasteiger partial charge in [0.05, 0.1) is 32.4 Å². The van der Waals surface area contributed by atoms with Crippen molar-refractivity contribution in [3.63, 3.8) is 0 Å². The number of nitrogens with zero attached hydrogens (tertiary/aromatic N) is 3. The minimum Gasteiger partial charge on any atom is -0.497 e. The number of aryl methyl sites for hydroxylation is 1. The van der Waals surface area contributed by atoms with Gasteiger partial charge in [0.2, 0.25) is 5.95 Å². The first-order valence-electron chi connectivity index (χ1n) is 10.5. The van der Waals surface area contributed by atoms with E-state index in [2.05, 4.69) is 32.5 Å². The van der Waals surface area contributed by atoms with E-state index in [0.29, 0.717) is 23.8 Å². The lowest BCUT2D eigenvalue weighted by atomic mass is 10.1. The number of anilines is 2. The number of rotatable bonds is 11. The van der Waals surface area contributed by atoms with E-state index in [1.807, 2.05) is 31.2 Å². The van der Waals surface area contributed by atoms with E-state index in [1.165, 1.54) is 0 Å². The van der Waals surface area contributed by atoms with Crippen LogP contribution in [-0.2, 0) is 6.54 Å². The number of fused-ring (bicyclic) bond motifs is 1. The largest absolute Gasteiger partial charge is 0.497 e. The van der Waals surface area contributed by atoms with Crippen molar-refractivity contribution in [3.8, 4) is 11.5 Å². The first-order chi connectivity index (χ1) is 15.1. The van der Waals surface area contributed by atoms with Crippen LogP contribution >= 0.6 is 0 Å². The van der Waals surface area contributed by atoms with Crippen molar-refractivity contribution < 1.29 is 14.6 Å². The average Bonchev–Trinajstić information content (AvgIpc) is 2.80. The minimum atomic E-state index is -0.0881. The van der Waals surface area contributed by atoms with Crippen LogP contribution in [0, 0.1) is 6.92 Å². The Bertz CT molecular complexity index is 1010. The molecule has 0 aliphatic heterocycles. The number of ether oxygens (including phenoxy) is 2. The lowest BCUT2D eigenvalue weighted by Crippen LogP contribution is -2.25. The Hall–Kier alpha value is -3.13. The molecule has 3 N–H and O–H groups in total. The summed E-state index contributed by atoms with van der Waals surface area (Å²) in [6, 6.07) is 7.52. The fourth-order valence-electron chi connectivity index (χ4n) is 3.36. The maximum absolute atomic E-state index is 9.80. The van der Waals surface area contributed by atoms with Crippen molar-refractivity contribution >= 4 is 22.8 Å². The summed E-state index contributed by atoms with van der Waals surface area (Å²) in [5, 5.41) is 16.5. The van der Waals surface area contributed by atoms with Crippen LogP contribution in [0.25, 0.3) is 11.0 Å². The molecule has 0 spiro atoms. The number of aliphatic hydroxyl groups excluding tert-OH is 1. The summed E-state index contributed by atoms with van der Waals surface area (Å²) >= 11 is 0. The number of aromatic nitrogens is 3. The summed E-state index contributed by atoms with van der Waals surface area (Å²) in [5.74, 6) is 2.56. The van der Waals surface area contributed by atoms with E-state index in [9.17, 15) is 5.11 Å². The van der Waals surface area contributed by atoms with E-state index in [-0.39, 0.29) is 12.6 Å². The summed E-state index contributed by atoms with van der Waals surface area (Å²) in [6.07, 6.45) is 4.70. The highest BCUT2D eigenvalue weighted by atomic mass is 16.5. The molecule has 0 fully saturated rings. The monoisotopic (exact) mass is 425 g/mol. The molecule has 8 heteroatoms. The highest BCUT2D eigenvalue weighted by Gasteiger charge is 2.15. The second kappa shape index (κ2) is 10.8. The molecule has 0 bridgehead atoms. The normalized spacial score (nSPS) is 11.9. The first-order valence-corrected chi connectivity index (χ1v) is 10.5. The molecule has 3 aromatic rings. The molecule has 0 saturated carbocycles. The van der Waals surface area contributed by atoms with E-state index >= 15 is 0 Å². The molecule has 0 saturated heterocycles. The molecule has 0 aliphatic rings. The van der Waals surface area contributed by atoms with Crippen LogP contribution in [-0.4, -0.2) is 46.9 Å². The molecule has 2 aromatic heterocycles. The number of aliphatic hydroxyl groups is 1. The zero-order valence-corrected chi connectivity index (χ0v) is 18.6. The molecule has 31 heavy (non-hydrogen) atoms. The van der Waals surface area contributed by atoms with Gasteiger partial charge in [0.25, 0.3) is 0 Å². The third-order valence-electron chi connectivity index (χ3n) is 5.18. The minimum absolute atomic E-state index is 0.0309. The van der Waals surface area contributed by atoms with Crippen LogP contribution in [0.3, 0.4) is 0 Å². The van der Waals surface area contributed by atoms with Crippen LogP contribution in [0.1, 0.15) is 37.3 Å². The van der Waals surface area contributed by atoms with Gasteiger partial charge in [-0.15, -0.1) is 0 Å². The maximum Gasteiger partial charge on any atom is 0.225 e. The van der Waals surface area contributed by atoms with Gasteiger partial charge in [-0.05, 0) is 37.1 Å². The SMILES string of the molecule is CCCCC(CO)Nc1nc(NCc2ccc(OC)cc2OC)nc2c(C)ccnc12. The maximum atomic E-state index is 9.80. The van der Waals surface area contributed by atoms with E-state index in [0.717, 1.165) is 47.4 Å². The molecule has 0 amide bonds. The van der Waals surface area contributed by atoms with Gasteiger partial charge in [0, 0.05) is 24.4 Å². The molecular weight excluding hydrogens is 394 g/mol. The Labute approximate surface area is 183 Å². The summed E-state index contributed by atoms with van der Waals surface area (Å²) in [4.78, 5) is 13.8. The molecule has 1 unspecified atom stereocenters. The lowest BCUT2D eigenvalue weighted by Gasteiger charge is -2.19. The van der Waals surface area contributed by atoms with Gasteiger partial charge in [0.1, 0.15) is 17.0 Å². The van der Waals surface area contributed by atoms with Crippen LogP contribution in [0.4, 0.5) is 11.8 Å². The number of hydrogen-bond donors (Lipinski definition) is 3. The third-order valence-corrected chi connectivity index (χ3v) is 5.18. The fraction of sp³-hybridized carbons (Fsp3) is 0.435.